The largest absolute Gasteiger partial charge is 0.478 e. The van der Waals surface area contributed by atoms with Crippen LogP contribution in [0.15, 0.2) is 18.2 Å². The number of piperidine rings is 1. The topological polar surface area (TPSA) is 62.7 Å². The second kappa shape index (κ2) is 8.14. The number of likely N-dealkylation sites (tertiary alicyclic amines) is 1. The maximum absolute atomic E-state index is 13.1. The first-order valence-corrected chi connectivity index (χ1v) is 11.1. The van der Waals surface area contributed by atoms with Crippen molar-refractivity contribution in [2.24, 2.45) is 0 Å². The first-order valence-electron chi connectivity index (χ1n) is 10.3. The molecule has 2 aliphatic heterocycles. The normalized spacial score (nSPS) is 19.1. The second-order valence-electron chi connectivity index (χ2n) is 7.70. The lowest BCUT2D eigenvalue weighted by Gasteiger charge is -2.36. The number of benzene rings is 1. The molecule has 2 aromatic rings. The van der Waals surface area contributed by atoms with Gasteiger partial charge in [-0.25, -0.2) is 4.98 Å². The first kappa shape index (κ1) is 19.9. The minimum Gasteiger partial charge on any atom is -0.478 e. The van der Waals surface area contributed by atoms with Crippen molar-refractivity contribution in [3.05, 3.63) is 28.1 Å². The van der Waals surface area contributed by atoms with E-state index in [0.29, 0.717) is 17.9 Å². The molecule has 3 heterocycles. The van der Waals surface area contributed by atoms with E-state index < -0.39 is 6.10 Å². The number of fused-ring (bicyclic) bond motifs is 1. The number of aromatic nitrogens is 1. The Labute approximate surface area is 175 Å². The Morgan fingerprint density at radius 1 is 1.24 bits per heavy atom. The fourth-order valence-corrected chi connectivity index (χ4v) is 4.91. The van der Waals surface area contributed by atoms with Crippen molar-refractivity contribution in [2.45, 2.75) is 52.6 Å². The van der Waals surface area contributed by atoms with E-state index in [9.17, 15) is 9.59 Å². The monoisotopic (exact) mass is 413 g/mol. The maximum atomic E-state index is 13.1. The lowest BCUT2D eigenvalue weighted by Crippen LogP contribution is -2.51. The summed E-state index contributed by atoms with van der Waals surface area (Å²) in [5, 5.41) is 1.01. The summed E-state index contributed by atoms with van der Waals surface area (Å²) in [4.78, 5) is 35.2. The van der Waals surface area contributed by atoms with Crippen LogP contribution in [0.3, 0.4) is 0 Å². The highest BCUT2D eigenvalue weighted by Crippen LogP contribution is 2.39. The lowest BCUT2D eigenvalue weighted by molar-refractivity contribution is -0.134. The number of nitrogens with zero attached hydrogens (tertiary/aromatic N) is 3. The zero-order chi connectivity index (χ0) is 20.5. The number of rotatable bonds is 4. The number of ether oxygens (including phenoxy) is 1. The number of aryl methyl sites for hydroxylation is 2. The molecule has 154 valence electrons. The summed E-state index contributed by atoms with van der Waals surface area (Å²) in [5.41, 5.74) is 2.52. The van der Waals surface area contributed by atoms with Gasteiger partial charge in [-0.05, 0) is 57.7 Å². The van der Waals surface area contributed by atoms with Crippen LogP contribution < -0.4 is 9.64 Å². The van der Waals surface area contributed by atoms with E-state index in [0.717, 1.165) is 53.5 Å². The van der Waals surface area contributed by atoms with E-state index in [2.05, 4.69) is 4.98 Å². The van der Waals surface area contributed by atoms with E-state index in [-0.39, 0.29) is 18.4 Å². The Balaban J connectivity index is 1.68. The molecule has 0 spiro atoms. The van der Waals surface area contributed by atoms with Crippen LogP contribution in [0.5, 0.6) is 5.75 Å². The van der Waals surface area contributed by atoms with E-state index in [1.165, 1.54) is 0 Å². The third-order valence-corrected chi connectivity index (χ3v) is 6.50. The summed E-state index contributed by atoms with van der Waals surface area (Å²) < 4.78 is 5.94. The third kappa shape index (κ3) is 3.88. The van der Waals surface area contributed by atoms with E-state index >= 15 is 0 Å². The molecule has 0 N–H and O–H groups in total. The standard InChI is InChI=1S/C22H27N3O3S/c1-4-18-22(27)25(13-20(26)24-10-6-5-7-11-24)17-12-16(8-9-19(17)28-18)21-14(2)29-15(3)23-21/h8-9,12,18H,4-7,10-11,13H2,1-3H3. The number of hydrogen-bond donors (Lipinski definition) is 0. The third-order valence-electron chi connectivity index (χ3n) is 5.61. The molecule has 1 fully saturated rings. The van der Waals surface area contributed by atoms with Gasteiger partial charge in [0.25, 0.3) is 5.91 Å². The highest BCUT2D eigenvalue weighted by molar-refractivity contribution is 7.11. The van der Waals surface area contributed by atoms with Crippen molar-refractivity contribution >= 4 is 28.8 Å². The van der Waals surface area contributed by atoms with Gasteiger partial charge in [0.05, 0.1) is 16.4 Å². The molecule has 4 rings (SSSR count). The Kier molecular flexibility index (Phi) is 5.58. The van der Waals surface area contributed by atoms with Crippen molar-refractivity contribution in [3.63, 3.8) is 0 Å². The number of hydrogen-bond acceptors (Lipinski definition) is 5. The Morgan fingerprint density at radius 2 is 2.00 bits per heavy atom. The van der Waals surface area contributed by atoms with Crippen LogP contribution >= 0.6 is 11.3 Å². The van der Waals surface area contributed by atoms with Gasteiger partial charge in [0.2, 0.25) is 5.91 Å². The summed E-state index contributed by atoms with van der Waals surface area (Å²) in [6, 6.07) is 5.81. The van der Waals surface area contributed by atoms with Gasteiger partial charge in [-0.2, -0.15) is 0 Å². The number of carbonyl (C=O) groups is 2. The van der Waals surface area contributed by atoms with Gasteiger partial charge in [-0.3, -0.25) is 14.5 Å². The fourth-order valence-electron chi connectivity index (χ4n) is 4.07. The van der Waals surface area contributed by atoms with E-state index in [4.69, 9.17) is 4.74 Å². The zero-order valence-corrected chi connectivity index (χ0v) is 18.1. The average molecular weight is 414 g/mol. The Hall–Kier alpha value is -2.41. The van der Waals surface area contributed by atoms with Crippen LogP contribution in [0.4, 0.5) is 5.69 Å². The molecule has 7 heteroatoms. The number of thiazole rings is 1. The SMILES string of the molecule is CCC1Oc2ccc(-c3nc(C)sc3C)cc2N(CC(=O)N2CCCCC2)C1=O. The highest BCUT2D eigenvalue weighted by Gasteiger charge is 2.35. The van der Waals surface area contributed by atoms with E-state index in [1.54, 1.807) is 16.2 Å². The number of anilines is 1. The van der Waals surface area contributed by atoms with Crippen LogP contribution in [0, 0.1) is 13.8 Å². The summed E-state index contributed by atoms with van der Waals surface area (Å²) in [7, 11) is 0. The van der Waals surface area contributed by atoms with Crippen LogP contribution in [0.2, 0.25) is 0 Å². The quantitative estimate of drug-likeness (QED) is 0.762. The molecule has 0 saturated carbocycles. The fraction of sp³-hybridized carbons (Fsp3) is 0.500. The van der Waals surface area contributed by atoms with Crippen LogP contribution in [0.25, 0.3) is 11.3 Å². The van der Waals surface area contributed by atoms with Crippen LogP contribution in [0.1, 0.15) is 42.5 Å². The van der Waals surface area contributed by atoms with E-state index in [1.807, 2.05) is 43.9 Å². The summed E-state index contributed by atoms with van der Waals surface area (Å²) in [6.07, 6.45) is 3.24. The molecule has 0 bridgehead atoms. The predicted octanol–water partition coefficient (Wildman–Crippen LogP) is 3.94. The minimum atomic E-state index is -0.550. The van der Waals surface area contributed by atoms with Crippen molar-refractivity contribution in [1.29, 1.82) is 0 Å². The molecule has 1 atom stereocenters. The Morgan fingerprint density at radius 3 is 2.66 bits per heavy atom. The van der Waals surface area contributed by atoms with Crippen LogP contribution in [-0.2, 0) is 9.59 Å². The zero-order valence-electron chi connectivity index (χ0n) is 17.2. The molecule has 1 unspecified atom stereocenters. The maximum Gasteiger partial charge on any atom is 0.268 e. The first-order chi connectivity index (χ1) is 14.0. The summed E-state index contributed by atoms with van der Waals surface area (Å²) in [6.45, 7) is 7.57. The van der Waals surface area contributed by atoms with Gasteiger partial charge in [-0.15, -0.1) is 11.3 Å². The molecule has 1 aromatic carbocycles. The second-order valence-corrected chi connectivity index (χ2v) is 9.11. The lowest BCUT2D eigenvalue weighted by atomic mass is 10.1. The van der Waals surface area contributed by atoms with Gasteiger partial charge in [-0.1, -0.05) is 6.92 Å². The van der Waals surface area contributed by atoms with Gasteiger partial charge in [0.1, 0.15) is 12.3 Å². The molecule has 0 radical (unpaired) electrons. The Bertz CT molecular complexity index is 933. The summed E-state index contributed by atoms with van der Waals surface area (Å²) >= 11 is 1.65. The average Bonchev–Trinajstić information content (AvgIpc) is 3.08. The molecule has 2 amide bonds. The van der Waals surface area contributed by atoms with Crippen molar-refractivity contribution in [2.75, 3.05) is 24.5 Å². The predicted molar refractivity (Wildman–Crippen MR) is 115 cm³/mol. The molecule has 1 saturated heterocycles. The summed E-state index contributed by atoms with van der Waals surface area (Å²) in [5.74, 6) is 0.511. The van der Waals surface area contributed by atoms with Crippen molar-refractivity contribution < 1.29 is 14.3 Å². The van der Waals surface area contributed by atoms with Gasteiger partial charge >= 0.3 is 0 Å². The smallest absolute Gasteiger partial charge is 0.268 e. The molecule has 6 nitrogen and oxygen atoms in total. The molecule has 1 aromatic heterocycles. The van der Waals surface area contributed by atoms with Gasteiger partial charge in [0.15, 0.2) is 6.10 Å². The number of carbonyl (C=O) groups excluding carboxylic acids is 2. The molecule has 0 aliphatic carbocycles. The number of amides is 2. The van der Waals surface area contributed by atoms with Crippen molar-refractivity contribution in [3.8, 4) is 17.0 Å². The molecule has 29 heavy (non-hydrogen) atoms. The van der Waals surface area contributed by atoms with Gasteiger partial charge in [0, 0.05) is 23.5 Å². The van der Waals surface area contributed by atoms with Crippen molar-refractivity contribution in [1.82, 2.24) is 9.88 Å². The minimum absolute atomic E-state index is 0.00633. The van der Waals surface area contributed by atoms with Crippen LogP contribution in [-0.4, -0.2) is 47.4 Å². The molecular formula is C22H27N3O3S. The highest BCUT2D eigenvalue weighted by atomic mass is 32.1. The molecular weight excluding hydrogens is 386 g/mol. The van der Waals surface area contributed by atoms with Gasteiger partial charge < -0.3 is 9.64 Å². The molecule has 2 aliphatic rings.